The number of ether oxygens (including phenoxy) is 1. The predicted molar refractivity (Wildman–Crippen MR) is 115 cm³/mol. The second kappa shape index (κ2) is 9.53. The molecular formula is C19H19Cl3N2O4S. The largest absolute Gasteiger partial charge is 0.482 e. The molecule has 0 bridgehead atoms. The lowest BCUT2D eigenvalue weighted by atomic mass is 10.3. The summed E-state index contributed by atoms with van der Waals surface area (Å²) in [6.07, 6.45) is 3.70. The van der Waals surface area contributed by atoms with Gasteiger partial charge in [0.05, 0.1) is 25.7 Å². The van der Waals surface area contributed by atoms with Gasteiger partial charge in [-0.25, -0.2) is 13.1 Å². The molecule has 1 amide bonds. The Labute approximate surface area is 184 Å². The van der Waals surface area contributed by atoms with E-state index in [9.17, 15) is 13.2 Å². The Hall–Kier alpha value is -1.51. The van der Waals surface area contributed by atoms with E-state index in [1.807, 2.05) is 0 Å². The molecule has 0 radical (unpaired) electrons. The van der Waals surface area contributed by atoms with Gasteiger partial charge in [-0.1, -0.05) is 53.7 Å². The molecular weight excluding hydrogens is 459 g/mol. The summed E-state index contributed by atoms with van der Waals surface area (Å²) in [5, 5.41) is 3.22. The molecule has 2 aromatic carbocycles. The fourth-order valence-electron chi connectivity index (χ4n) is 3.03. The van der Waals surface area contributed by atoms with Crippen molar-refractivity contribution in [1.29, 1.82) is 0 Å². The maximum absolute atomic E-state index is 12.5. The number of halogens is 3. The van der Waals surface area contributed by atoms with Gasteiger partial charge >= 0.3 is 0 Å². The van der Waals surface area contributed by atoms with Crippen LogP contribution < -0.4 is 14.8 Å². The average molecular weight is 478 g/mol. The van der Waals surface area contributed by atoms with E-state index in [4.69, 9.17) is 39.5 Å². The first-order valence-corrected chi connectivity index (χ1v) is 11.6. The van der Waals surface area contributed by atoms with Crippen LogP contribution in [-0.2, 0) is 14.8 Å². The van der Waals surface area contributed by atoms with Crippen molar-refractivity contribution in [3.63, 3.8) is 0 Å². The highest BCUT2D eigenvalue weighted by Gasteiger charge is 2.23. The maximum Gasteiger partial charge on any atom is 0.262 e. The van der Waals surface area contributed by atoms with Crippen LogP contribution in [-0.4, -0.2) is 27.0 Å². The third-order valence-electron chi connectivity index (χ3n) is 4.48. The molecule has 0 atom stereocenters. The second-order valence-electron chi connectivity index (χ2n) is 6.63. The number of nitrogens with one attached hydrogen (secondary N) is 2. The van der Waals surface area contributed by atoms with Gasteiger partial charge in [-0.2, -0.15) is 0 Å². The van der Waals surface area contributed by atoms with Crippen LogP contribution in [0.3, 0.4) is 0 Å². The van der Waals surface area contributed by atoms with E-state index >= 15 is 0 Å². The quantitative estimate of drug-likeness (QED) is 0.595. The third kappa shape index (κ3) is 5.77. The van der Waals surface area contributed by atoms with Gasteiger partial charge in [0.15, 0.2) is 6.61 Å². The number of carbonyl (C=O) groups excluding carboxylic acids is 1. The van der Waals surface area contributed by atoms with E-state index in [-0.39, 0.29) is 33.3 Å². The van der Waals surface area contributed by atoms with E-state index in [2.05, 4.69) is 10.0 Å². The molecule has 6 nitrogen and oxygen atoms in total. The monoisotopic (exact) mass is 476 g/mol. The molecule has 0 spiro atoms. The van der Waals surface area contributed by atoms with Gasteiger partial charge in [-0.15, -0.1) is 0 Å². The fourth-order valence-corrected chi connectivity index (χ4v) is 5.01. The zero-order valence-corrected chi connectivity index (χ0v) is 18.3. The molecule has 0 aliphatic heterocycles. The number of sulfonamides is 1. The highest BCUT2D eigenvalue weighted by Crippen LogP contribution is 2.30. The minimum Gasteiger partial charge on any atom is -0.482 e. The van der Waals surface area contributed by atoms with Crippen molar-refractivity contribution in [3.8, 4) is 5.75 Å². The van der Waals surface area contributed by atoms with Crippen LogP contribution in [0.1, 0.15) is 25.7 Å². The summed E-state index contributed by atoms with van der Waals surface area (Å²) in [7, 11) is -3.66. The molecule has 1 aliphatic rings. The lowest BCUT2D eigenvalue weighted by Crippen LogP contribution is -2.32. The Bertz CT molecular complexity index is 1010. The Balaban J connectivity index is 1.61. The first-order chi connectivity index (χ1) is 13.8. The number of hydrogen-bond donors (Lipinski definition) is 2. The number of amides is 1. The van der Waals surface area contributed by atoms with Gasteiger partial charge in [-0.3, -0.25) is 4.79 Å². The van der Waals surface area contributed by atoms with E-state index < -0.39 is 15.9 Å². The Morgan fingerprint density at radius 2 is 1.79 bits per heavy atom. The van der Waals surface area contributed by atoms with Gasteiger partial charge < -0.3 is 10.1 Å². The predicted octanol–water partition coefficient (Wildman–Crippen LogP) is 4.89. The lowest BCUT2D eigenvalue weighted by Gasteiger charge is -2.14. The van der Waals surface area contributed by atoms with Crippen LogP contribution in [0.2, 0.25) is 15.1 Å². The minimum absolute atomic E-state index is 0.0447. The molecule has 1 fully saturated rings. The first-order valence-electron chi connectivity index (χ1n) is 8.95. The second-order valence-corrected chi connectivity index (χ2v) is 9.54. The summed E-state index contributed by atoms with van der Waals surface area (Å²) >= 11 is 18.1. The summed E-state index contributed by atoms with van der Waals surface area (Å²) < 4.78 is 33.1. The molecule has 10 heteroatoms. The van der Waals surface area contributed by atoms with Gasteiger partial charge in [0.25, 0.3) is 5.91 Å². The van der Waals surface area contributed by atoms with Crippen molar-refractivity contribution in [2.45, 2.75) is 36.6 Å². The molecule has 0 aromatic heterocycles. The summed E-state index contributed by atoms with van der Waals surface area (Å²) in [6, 6.07) is 8.94. The van der Waals surface area contributed by atoms with Crippen LogP contribution in [0, 0.1) is 0 Å². The minimum atomic E-state index is -3.66. The zero-order chi connectivity index (χ0) is 21.0. The molecule has 1 aliphatic carbocycles. The SMILES string of the molecule is O=C(COc1ccc(S(=O)(=O)NC2CCCC2)cc1Cl)Nc1cccc(Cl)c1Cl. The molecule has 0 unspecified atom stereocenters. The highest BCUT2D eigenvalue weighted by molar-refractivity contribution is 7.89. The molecule has 2 aromatic rings. The lowest BCUT2D eigenvalue weighted by molar-refractivity contribution is -0.118. The van der Waals surface area contributed by atoms with E-state index in [1.165, 1.54) is 18.2 Å². The summed E-state index contributed by atoms with van der Waals surface area (Å²) in [4.78, 5) is 12.1. The van der Waals surface area contributed by atoms with Gasteiger partial charge in [-0.05, 0) is 43.2 Å². The highest BCUT2D eigenvalue weighted by atomic mass is 35.5. The summed E-state index contributed by atoms with van der Waals surface area (Å²) in [5.74, 6) is -0.274. The molecule has 0 saturated heterocycles. The van der Waals surface area contributed by atoms with Gasteiger partial charge in [0.2, 0.25) is 10.0 Å². The first kappa shape index (κ1) is 22.2. The number of anilines is 1. The van der Waals surface area contributed by atoms with Crippen molar-refractivity contribution in [1.82, 2.24) is 4.72 Å². The normalized spacial score (nSPS) is 14.7. The van der Waals surface area contributed by atoms with Gasteiger partial charge in [0.1, 0.15) is 5.75 Å². The number of rotatable bonds is 7. The van der Waals surface area contributed by atoms with Crippen molar-refractivity contribution >= 4 is 56.4 Å². The molecule has 1 saturated carbocycles. The maximum atomic E-state index is 12.5. The average Bonchev–Trinajstić information content (AvgIpc) is 3.16. The van der Waals surface area contributed by atoms with Crippen molar-refractivity contribution in [3.05, 3.63) is 51.5 Å². The smallest absolute Gasteiger partial charge is 0.262 e. The molecule has 29 heavy (non-hydrogen) atoms. The molecule has 2 N–H and O–H groups in total. The van der Waals surface area contributed by atoms with Crippen LogP contribution in [0.4, 0.5) is 5.69 Å². The molecule has 0 heterocycles. The zero-order valence-electron chi connectivity index (χ0n) is 15.3. The Kier molecular flexibility index (Phi) is 7.29. The number of benzene rings is 2. The molecule has 3 rings (SSSR count). The van der Waals surface area contributed by atoms with Crippen molar-refractivity contribution in [2.75, 3.05) is 11.9 Å². The van der Waals surface area contributed by atoms with E-state index in [1.54, 1.807) is 18.2 Å². The van der Waals surface area contributed by atoms with Crippen molar-refractivity contribution < 1.29 is 17.9 Å². The van der Waals surface area contributed by atoms with E-state index in [0.717, 1.165) is 25.7 Å². The van der Waals surface area contributed by atoms with Crippen LogP contribution in [0.5, 0.6) is 5.75 Å². The topological polar surface area (TPSA) is 84.5 Å². The standard InChI is InChI=1S/C19H19Cl3N2O4S/c20-14-6-3-7-16(19(14)22)23-18(25)11-28-17-9-8-13(10-15(17)21)29(26,27)24-12-4-1-2-5-12/h3,6-10,12,24H,1-2,4-5,11H2,(H,23,25). The summed E-state index contributed by atoms with van der Waals surface area (Å²) in [6.45, 7) is -0.338. The summed E-state index contributed by atoms with van der Waals surface area (Å²) in [5.41, 5.74) is 0.360. The number of carbonyl (C=O) groups is 1. The van der Waals surface area contributed by atoms with Crippen LogP contribution in [0.25, 0.3) is 0 Å². The van der Waals surface area contributed by atoms with Gasteiger partial charge in [0, 0.05) is 6.04 Å². The molecule has 156 valence electrons. The van der Waals surface area contributed by atoms with Crippen molar-refractivity contribution in [2.24, 2.45) is 0 Å². The van der Waals surface area contributed by atoms with Crippen LogP contribution >= 0.6 is 34.8 Å². The Morgan fingerprint density at radius 1 is 1.07 bits per heavy atom. The third-order valence-corrected chi connectivity index (χ3v) is 7.11. The fraction of sp³-hybridized carbons (Fsp3) is 0.316. The Morgan fingerprint density at radius 3 is 2.48 bits per heavy atom. The van der Waals surface area contributed by atoms with Crippen LogP contribution in [0.15, 0.2) is 41.3 Å². The number of hydrogen-bond acceptors (Lipinski definition) is 4. The van der Waals surface area contributed by atoms with E-state index in [0.29, 0.717) is 10.7 Å².